The first kappa shape index (κ1) is 21.1. The van der Waals surface area contributed by atoms with E-state index in [0.29, 0.717) is 10.6 Å². The highest BCUT2D eigenvalue weighted by molar-refractivity contribution is 7.99. The summed E-state index contributed by atoms with van der Waals surface area (Å²) in [5.74, 6) is -0.300. The lowest BCUT2D eigenvalue weighted by molar-refractivity contribution is -0.384. The molecular weight excluding hydrogens is 369 g/mol. The van der Waals surface area contributed by atoms with Crippen molar-refractivity contribution in [3.8, 4) is 0 Å². The molecule has 0 saturated carbocycles. The number of thioether (sulfide) groups is 1. The molecule has 0 heterocycles. The predicted molar refractivity (Wildman–Crippen MR) is 104 cm³/mol. The summed E-state index contributed by atoms with van der Waals surface area (Å²) in [4.78, 5) is 23.8. The van der Waals surface area contributed by atoms with Gasteiger partial charge in [0.25, 0.3) is 5.69 Å². The Morgan fingerprint density at radius 3 is 2.74 bits per heavy atom. The quantitative estimate of drug-likeness (QED) is 0.271. The number of hydrogen-bond donors (Lipinski definition) is 1. The Morgan fingerprint density at radius 1 is 1.30 bits per heavy atom. The van der Waals surface area contributed by atoms with E-state index in [2.05, 4.69) is 6.92 Å². The second-order valence-corrected chi connectivity index (χ2v) is 7.34. The number of benzene rings is 2. The van der Waals surface area contributed by atoms with E-state index in [9.17, 15) is 24.4 Å². The average molecular weight is 391 g/mol. The number of carbonyl (C=O) groups excluding carboxylic acids is 1. The van der Waals surface area contributed by atoms with E-state index in [1.54, 1.807) is 6.07 Å². The second-order valence-electron chi connectivity index (χ2n) is 6.28. The first-order valence-corrected chi connectivity index (χ1v) is 9.77. The summed E-state index contributed by atoms with van der Waals surface area (Å²) in [6.45, 7) is 2.14. The number of unbranched alkanes of at least 4 members (excludes halogenated alkanes) is 1. The Kier molecular flexibility index (Phi) is 7.94. The summed E-state index contributed by atoms with van der Waals surface area (Å²) in [5, 5.41) is 20.4. The highest BCUT2D eigenvalue weighted by Gasteiger charge is 2.19. The molecule has 0 bridgehead atoms. The zero-order valence-corrected chi connectivity index (χ0v) is 15.9. The topological polar surface area (TPSA) is 80.4 Å². The summed E-state index contributed by atoms with van der Waals surface area (Å²) >= 11 is 1.39. The third-order valence-corrected chi connectivity index (χ3v) is 5.51. The van der Waals surface area contributed by atoms with Crippen molar-refractivity contribution in [2.45, 2.75) is 31.1 Å². The smallest absolute Gasteiger partial charge is 0.270 e. The van der Waals surface area contributed by atoms with Crippen LogP contribution in [0.25, 0.3) is 0 Å². The number of hydrogen-bond acceptors (Lipinski definition) is 5. The minimum Gasteiger partial charge on any atom is -0.396 e. The van der Waals surface area contributed by atoms with Gasteiger partial charge in [-0.15, -0.1) is 11.8 Å². The van der Waals surface area contributed by atoms with E-state index in [1.807, 2.05) is 0 Å². The summed E-state index contributed by atoms with van der Waals surface area (Å²) in [6, 6.07) is 9.39. The van der Waals surface area contributed by atoms with Gasteiger partial charge >= 0.3 is 0 Å². The van der Waals surface area contributed by atoms with E-state index < -0.39 is 16.5 Å². The van der Waals surface area contributed by atoms with Gasteiger partial charge in [0.2, 0.25) is 0 Å². The largest absolute Gasteiger partial charge is 0.396 e. The fourth-order valence-corrected chi connectivity index (χ4v) is 3.81. The summed E-state index contributed by atoms with van der Waals surface area (Å²) in [6.07, 6.45) is 2.93. The molecule has 27 heavy (non-hydrogen) atoms. The number of nitrogens with zero attached hydrogens (tertiary/aromatic N) is 1. The number of aliphatic hydroxyl groups excluding tert-OH is 1. The van der Waals surface area contributed by atoms with E-state index in [4.69, 9.17) is 0 Å². The number of ketones is 1. The molecule has 0 aliphatic heterocycles. The minimum absolute atomic E-state index is 0.0579. The molecule has 0 radical (unpaired) electrons. The van der Waals surface area contributed by atoms with Gasteiger partial charge in [-0.25, -0.2) is 4.39 Å². The third-order valence-electron chi connectivity index (χ3n) is 4.20. The minimum atomic E-state index is -0.572. The van der Waals surface area contributed by atoms with Gasteiger partial charge < -0.3 is 5.11 Å². The molecule has 1 N–H and O–H groups in total. The van der Waals surface area contributed by atoms with E-state index in [1.165, 1.54) is 42.1 Å². The first-order chi connectivity index (χ1) is 13.0. The molecule has 0 fully saturated rings. The lowest BCUT2D eigenvalue weighted by Crippen LogP contribution is -2.10. The van der Waals surface area contributed by atoms with Crippen molar-refractivity contribution in [2.24, 2.45) is 5.92 Å². The Morgan fingerprint density at radius 2 is 2.07 bits per heavy atom. The average Bonchev–Trinajstić information content (AvgIpc) is 2.68. The van der Waals surface area contributed by atoms with E-state index in [-0.39, 0.29) is 29.3 Å². The molecule has 0 unspecified atom stereocenters. The maximum Gasteiger partial charge on any atom is 0.270 e. The Labute approximate surface area is 161 Å². The van der Waals surface area contributed by atoms with Crippen LogP contribution in [0.2, 0.25) is 0 Å². The number of nitro benzene ring substituents is 1. The third kappa shape index (κ3) is 5.87. The molecule has 0 amide bonds. The zero-order chi connectivity index (χ0) is 19.8. The van der Waals surface area contributed by atoms with Crippen molar-refractivity contribution < 1.29 is 19.2 Å². The molecule has 0 aliphatic carbocycles. The van der Waals surface area contributed by atoms with Crippen LogP contribution in [0.4, 0.5) is 10.1 Å². The van der Waals surface area contributed by atoms with Crippen LogP contribution >= 0.6 is 11.8 Å². The molecule has 7 heteroatoms. The van der Waals surface area contributed by atoms with Gasteiger partial charge in [0.05, 0.1) is 4.92 Å². The fraction of sp³-hybridized carbons (Fsp3) is 0.350. The van der Waals surface area contributed by atoms with Crippen LogP contribution in [-0.2, 0) is 0 Å². The molecular formula is C20H22FNO4S. The van der Waals surface area contributed by atoms with Crippen molar-refractivity contribution in [3.05, 3.63) is 69.5 Å². The molecule has 2 aromatic carbocycles. The van der Waals surface area contributed by atoms with Gasteiger partial charge in [0.1, 0.15) is 5.82 Å². The molecule has 0 aromatic heterocycles. The van der Waals surface area contributed by atoms with Crippen LogP contribution in [0.1, 0.15) is 42.1 Å². The summed E-state index contributed by atoms with van der Waals surface area (Å²) < 4.78 is 13.8. The van der Waals surface area contributed by atoms with Gasteiger partial charge in [0, 0.05) is 40.5 Å². The van der Waals surface area contributed by atoms with Crippen LogP contribution in [0.3, 0.4) is 0 Å². The van der Waals surface area contributed by atoms with Crippen LogP contribution in [0, 0.1) is 21.8 Å². The highest BCUT2D eigenvalue weighted by Crippen LogP contribution is 2.29. The van der Waals surface area contributed by atoms with Crippen molar-refractivity contribution in [1.29, 1.82) is 0 Å². The molecule has 0 saturated heterocycles. The molecule has 144 valence electrons. The summed E-state index contributed by atoms with van der Waals surface area (Å²) in [7, 11) is 0. The number of carbonyl (C=O) groups is 1. The number of non-ortho nitro benzene ring substituents is 1. The second kappa shape index (κ2) is 10.2. The molecule has 2 aromatic rings. The zero-order valence-electron chi connectivity index (χ0n) is 15.1. The van der Waals surface area contributed by atoms with Gasteiger partial charge in [-0.3, -0.25) is 14.9 Å². The molecule has 1 atom stereocenters. The lowest BCUT2D eigenvalue weighted by atomic mass is 10.0. The van der Waals surface area contributed by atoms with E-state index in [0.717, 1.165) is 25.3 Å². The van der Waals surface area contributed by atoms with Crippen LogP contribution in [0.5, 0.6) is 0 Å². The van der Waals surface area contributed by atoms with Crippen LogP contribution in [0.15, 0.2) is 47.4 Å². The SMILES string of the molecule is CCCC[C@@H](CO)CSc1ccc(F)cc1C(=O)c1cccc([N+](=O)[O-])c1. The van der Waals surface area contributed by atoms with Crippen LogP contribution < -0.4 is 0 Å². The molecule has 0 aliphatic rings. The molecule has 5 nitrogen and oxygen atoms in total. The van der Waals surface area contributed by atoms with Crippen LogP contribution in [-0.4, -0.2) is 28.2 Å². The van der Waals surface area contributed by atoms with Crippen molar-refractivity contribution >= 4 is 23.2 Å². The Balaban J connectivity index is 2.25. The lowest BCUT2D eigenvalue weighted by Gasteiger charge is -2.15. The highest BCUT2D eigenvalue weighted by atomic mass is 32.2. The number of nitro groups is 1. The maximum atomic E-state index is 13.8. The number of rotatable bonds is 10. The standard InChI is InChI=1S/C20H22FNO4S/c1-2-3-5-14(12-23)13-27-19-9-8-16(21)11-18(19)20(24)15-6-4-7-17(10-15)22(25)26/h4,6-11,14,23H,2-3,5,12-13H2,1H3/t14-/m0/s1. The summed E-state index contributed by atoms with van der Waals surface area (Å²) in [5.41, 5.74) is 0.125. The Hall–Kier alpha value is -2.25. The van der Waals surface area contributed by atoms with Crippen molar-refractivity contribution in [3.63, 3.8) is 0 Å². The normalized spacial score (nSPS) is 12.0. The first-order valence-electron chi connectivity index (χ1n) is 8.78. The van der Waals surface area contributed by atoms with Gasteiger partial charge in [-0.2, -0.15) is 0 Å². The Bertz CT molecular complexity index is 812. The number of aliphatic hydroxyl groups is 1. The molecule has 0 spiro atoms. The fourth-order valence-electron chi connectivity index (χ4n) is 2.65. The van der Waals surface area contributed by atoms with Crippen molar-refractivity contribution in [2.75, 3.05) is 12.4 Å². The van der Waals surface area contributed by atoms with Crippen molar-refractivity contribution in [1.82, 2.24) is 0 Å². The molecule has 2 rings (SSSR count). The van der Waals surface area contributed by atoms with Gasteiger partial charge in [0.15, 0.2) is 5.78 Å². The van der Waals surface area contributed by atoms with E-state index >= 15 is 0 Å². The predicted octanol–water partition coefficient (Wildman–Crippen LogP) is 4.86. The monoisotopic (exact) mass is 391 g/mol. The maximum absolute atomic E-state index is 13.8. The van der Waals surface area contributed by atoms with Gasteiger partial charge in [-0.1, -0.05) is 31.9 Å². The number of halogens is 1. The van der Waals surface area contributed by atoms with Gasteiger partial charge in [-0.05, 0) is 30.5 Å².